The van der Waals surface area contributed by atoms with Gasteiger partial charge >= 0.3 is 6.03 Å². The van der Waals surface area contributed by atoms with Crippen molar-refractivity contribution in [1.82, 2.24) is 5.32 Å². The SMILES string of the molecule is C=C(Nc1ccc(NC(=O)NCCC(C)(C)F)cc1)c1c(F)cc(OCCCC)cc1N=CC. The van der Waals surface area contributed by atoms with Gasteiger partial charge in [-0.15, -0.1) is 0 Å². The van der Waals surface area contributed by atoms with Gasteiger partial charge in [-0.2, -0.15) is 0 Å². The van der Waals surface area contributed by atoms with Gasteiger partial charge in [0.25, 0.3) is 0 Å². The Morgan fingerprint density at radius 2 is 1.82 bits per heavy atom. The number of urea groups is 1. The lowest BCUT2D eigenvalue weighted by atomic mass is 10.1. The fourth-order valence-corrected chi connectivity index (χ4v) is 3.05. The van der Waals surface area contributed by atoms with Crippen LogP contribution in [0.2, 0.25) is 0 Å². The number of alkyl halides is 1. The van der Waals surface area contributed by atoms with Gasteiger partial charge in [0.1, 0.15) is 17.2 Å². The van der Waals surface area contributed by atoms with Gasteiger partial charge in [-0.25, -0.2) is 13.6 Å². The smallest absolute Gasteiger partial charge is 0.319 e. The number of rotatable bonds is 12. The molecule has 2 aromatic rings. The molecule has 0 aliphatic carbocycles. The van der Waals surface area contributed by atoms with E-state index >= 15 is 0 Å². The molecule has 0 aliphatic heterocycles. The molecule has 8 heteroatoms. The number of halogens is 2. The maximum absolute atomic E-state index is 14.9. The largest absolute Gasteiger partial charge is 0.493 e. The average Bonchev–Trinajstić information content (AvgIpc) is 2.74. The predicted molar refractivity (Wildman–Crippen MR) is 137 cm³/mol. The standard InChI is InChI=1S/C26H34F2N4O2/c1-6-8-15-34-21-16-22(27)24(23(17-21)29-7-2)18(3)31-19-9-11-20(12-10-19)32-25(33)30-14-13-26(4,5)28/h7,9-12,16-17,31H,3,6,8,13-15H2,1-2,4-5H3,(H2,30,32,33). The third-order valence-electron chi connectivity index (χ3n) is 4.82. The lowest BCUT2D eigenvalue weighted by Crippen LogP contribution is -2.32. The zero-order valence-corrected chi connectivity index (χ0v) is 20.3. The number of nitrogens with zero attached hydrogens (tertiary/aromatic N) is 1. The van der Waals surface area contributed by atoms with Crippen LogP contribution < -0.4 is 20.7 Å². The molecule has 0 bridgehead atoms. The number of ether oxygens (including phenoxy) is 1. The minimum absolute atomic E-state index is 0.220. The zero-order valence-electron chi connectivity index (χ0n) is 20.3. The van der Waals surface area contributed by atoms with Gasteiger partial charge in [-0.3, -0.25) is 4.99 Å². The number of benzene rings is 2. The third kappa shape index (κ3) is 8.84. The number of carbonyl (C=O) groups excluding carboxylic acids is 1. The van der Waals surface area contributed by atoms with Crippen LogP contribution in [0.5, 0.6) is 5.75 Å². The maximum atomic E-state index is 14.9. The van der Waals surface area contributed by atoms with Crippen molar-refractivity contribution in [2.45, 2.75) is 52.6 Å². The van der Waals surface area contributed by atoms with Crippen LogP contribution in [0.3, 0.4) is 0 Å². The highest BCUT2D eigenvalue weighted by Gasteiger charge is 2.16. The molecule has 0 aliphatic rings. The Labute approximate surface area is 200 Å². The quantitative estimate of drug-likeness (QED) is 0.228. The number of anilines is 2. The van der Waals surface area contributed by atoms with Crippen molar-refractivity contribution >= 4 is 35.0 Å². The van der Waals surface area contributed by atoms with Gasteiger partial charge in [0.05, 0.1) is 17.9 Å². The molecule has 2 amide bonds. The van der Waals surface area contributed by atoms with Crippen LogP contribution in [0.15, 0.2) is 48.0 Å². The molecule has 2 rings (SSSR count). The van der Waals surface area contributed by atoms with E-state index in [1.807, 2.05) is 0 Å². The molecule has 3 N–H and O–H groups in total. The lowest BCUT2D eigenvalue weighted by Gasteiger charge is -2.16. The third-order valence-corrected chi connectivity index (χ3v) is 4.82. The topological polar surface area (TPSA) is 74.8 Å². The molecule has 0 fully saturated rings. The number of unbranched alkanes of at least 4 members (excludes halogenated alkanes) is 1. The fraction of sp³-hybridized carbons (Fsp3) is 0.385. The number of aliphatic imine (C=N–C) groups is 1. The van der Waals surface area contributed by atoms with Crippen molar-refractivity contribution in [2.24, 2.45) is 4.99 Å². The van der Waals surface area contributed by atoms with E-state index in [0.29, 0.717) is 35.1 Å². The fourth-order valence-electron chi connectivity index (χ4n) is 3.05. The molecule has 2 aromatic carbocycles. The first-order valence-electron chi connectivity index (χ1n) is 11.4. The molecule has 34 heavy (non-hydrogen) atoms. The van der Waals surface area contributed by atoms with Crippen LogP contribution in [-0.4, -0.2) is 31.1 Å². The molecule has 0 atom stereocenters. The first-order chi connectivity index (χ1) is 16.1. The lowest BCUT2D eigenvalue weighted by molar-refractivity contribution is 0.200. The van der Waals surface area contributed by atoms with Crippen LogP contribution >= 0.6 is 0 Å². The minimum Gasteiger partial charge on any atom is -0.493 e. The molecule has 0 saturated heterocycles. The molecule has 6 nitrogen and oxygen atoms in total. The summed E-state index contributed by atoms with van der Waals surface area (Å²) in [5.74, 6) is -0.0644. The first-order valence-corrected chi connectivity index (χ1v) is 11.4. The summed E-state index contributed by atoms with van der Waals surface area (Å²) >= 11 is 0. The Morgan fingerprint density at radius 1 is 1.18 bits per heavy atom. The normalized spacial score (nSPS) is 11.4. The number of nitrogens with one attached hydrogen (secondary N) is 3. The Kier molecular flexibility index (Phi) is 10.0. The second-order valence-electron chi connectivity index (χ2n) is 8.42. The molecule has 0 spiro atoms. The average molecular weight is 473 g/mol. The van der Waals surface area contributed by atoms with E-state index in [-0.39, 0.29) is 18.5 Å². The van der Waals surface area contributed by atoms with Crippen LogP contribution in [0.4, 0.5) is 30.6 Å². The number of hydrogen-bond donors (Lipinski definition) is 3. The zero-order chi connectivity index (χ0) is 25.1. The number of carbonyl (C=O) groups is 1. The molecular weight excluding hydrogens is 438 g/mol. The van der Waals surface area contributed by atoms with Crippen LogP contribution in [0, 0.1) is 5.82 Å². The summed E-state index contributed by atoms with van der Waals surface area (Å²) in [5.41, 5.74) is 0.878. The summed E-state index contributed by atoms with van der Waals surface area (Å²) in [7, 11) is 0. The highest BCUT2D eigenvalue weighted by molar-refractivity contribution is 5.90. The Hall–Kier alpha value is -3.42. The van der Waals surface area contributed by atoms with Crippen molar-refractivity contribution in [2.75, 3.05) is 23.8 Å². The highest BCUT2D eigenvalue weighted by Crippen LogP contribution is 2.33. The Balaban J connectivity index is 2.04. The van der Waals surface area contributed by atoms with E-state index in [0.717, 1.165) is 12.8 Å². The first kappa shape index (κ1) is 26.8. The van der Waals surface area contributed by atoms with Crippen LogP contribution in [0.25, 0.3) is 5.70 Å². The Morgan fingerprint density at radius 3 is 2.41 bits per heavy atom. The van der Waals surface area contributed by atoms with Gasteiger partial charge in [0, 0.05) is 42.0 Å². The summed E-state index contributed by atoms with van der Waals surface area (Å²) in [5, 5.41) is 8.38. The summed E-state index contributed by atoms with van der Waals surface area (Å²) in [6, 6.07) is 9.46. The second-order valence-corrected chi connectivity index (χ2v) is 8.42. The molecule has 0 heterocycles. The van der Waals surface area contributed by atoms with Gasteiger partial charge in [0.15, 0.2) is 0 Å². The van der Waals surface area contributed by atoms with E-state index in [9.17, 15) is 13.6 Å². The van der Waals surface area contributed by atoms with E-state index in [1.54, 1.807) is 43.5 Å². The number of hydrogen-bond acceptors (Lipinski definition) is 4. The second kappa shape index (κ2) is 12.7. The monoisotopic (exact) mass is 472 g/mol. The van der Waals surface area contributed by atoms with Crippen molar-refractivity contribution in [1.29, 1.82) is 0 Å². The van der Waals surface area contributed by atoms with Crippen LogP contribution in [-0.2, 0) is 0 Å². The van der Waals surface area contributed by atoms with Crippen molar-refractivity contribution in [3.05, 3.63) is 54.4 Å². The molecule has 0 unspecified atom stereocenters. The Bertz CT molecular complexity index is 999. The predicted octanol–water partition coefficient (Wildman–Crippen LogP) is 7.07. The molecule has 184 valence electrons. The molecule has 0 aromatic heterocycles. The van der Waals surface area contributed by atoms with Crippen molar-refractivity contribution in [3.8, 4) is 5.75 Å². The summed E-state index contributed by atoms with van der Waals surface area (Å²) in [4.78, 5) is 16.2. The maximum Gasteiger partial charge on any atom is 0.319 e. The van der Waals surface area contributed by atoms with E-state index < -0.39 is 17.5 Å². The van der Waals surface area contributed by atoms with Crippen molar-refractivity contribution < 1.29 is 18.3 Å². The highest BCUT2D eigenvalue weighted by atomic mass is 19.1. The summed E-state index contributed by atoms with van der Waals surface area (Å²) < 4.78 is 34.1. The van der Waals surface area contributed by atoms with E-state index in [1.165, 1.54) is 19.9 Å². The van der Waals surface area contributed by atoms with Crippen molar-refractivity contribution in [3.63, 3.8) is 0 Å². The van der Waals surface area contributed by atoms with E-state index in [2.05, 4.69) is 34.4 Å². The van der Waals surface area contributed by atoms with Crippen LogP contribution in [0.1, 0.15) is 52.5 Å². The van der Waals surface area contributed by atoms with Gasteiger partial charge in [0.2, 0.25) is 0 Å². The van der Waals surface area contributed by atoms with Gasteiger partial charge < -0.3 is 20.7 Å². The summed E-state index contributed by atoms with van der Waals surface area (Å²) in [6.07, 6.45) is 3.67. The summed E-state index contributed by atoms with van der Waals surface area (Å²) in [6.45, 7) is 11.5. The van der Waals surface area contributed by atoms with Gasteiger partial charge in [-0.1, -0.05) is 19.9 Å². The minimum atomic E-state index is -1.34. The van der Waals surface area contributed by atoms with Gasteiger partial charge in [-0.05, 0) is 57.9 Å². The molecule has 0 saturated carbocycles. The number of amides is 2. The molecule has 0 radical (unpaired) electrons. The molecular formula is C26H34F2N4O2. The van der Waals surface area contributed by atoms with E-state index in [4.69, 9.17) is 4.74 Å².